The molecular formula is C44H80NO12P. The van der Waals surface area contributed by atoms with Crippen LogP contribution in [0.1, 0.15) is 162 Å². The molecule has 0 spiro atoms. The predicted octanol–water partition coefficient (Wildman–Crippen LogP) is 6.75. The number of amides is 1. The molecule has 13 nitrogen and oxygen atoms in total. The third-order valence-electron chi connectivity index (χ3n) is 10.4. The predicted molar refractivity (Wildman–Crippen MR) is 229 cm³/mol. The highest BCUT2D eigenvalue weighted by Crippen LogP contribution is 2.47. The molecule has 338 valence electrons. The zero-order valence-corrected chi connectivity index (χ0v) is 36.3. The first kappa shape index (κ1) is 54.3. The Morgan fingerprint density at radius 3 is 1.59 bits per heavy atom. The lowest BCUT2D eigenvalue weighted by Gasteiger charge is -2.41. The van der Waals surface area contributed by atoms with Gasteiger partial charge in [-0.2, -0.15) is 0 Å². The number of carbonyl (C=O) groups is 1. The molecule has 0 aromatic rings. The smallest absolute Gasteiger partial charge is 0.389 e. The molecular weight excluding hydrogens is 765 g/mol. The van der Waals surface area contributed by atoms with Crippen LogP contribution >= 0.6 is 7.82 Å². The first-order chi connectivity index (χ1) is 27.8. The molecule has 0 bridgehead atoms. The lowest BCUT2D eigenvalue weighted by molar-refractivity contribution is -0.220. The van der Waals surface area contributed by atoms with Gasteiger partial charge in [0.05, 0.1) is 31.3 Å². The average Bonchev–Trinajstić information content (AvgIpc) is 3.19. The number of rotatable bonds is 35. The first-order valence-electron chi connectivity index (χ1n) is 22.2. The second kappa shape index (κ2) is 33.9. The number of carbonyl (C=O) groups excluding carboxylic acids is 1. The average molecular weight is 846 g/mol. The lowest BCUT2D eigenvalue weighted by atomic mass is 9.85. The number of allylic oxidation sites excluding steroid dienone is 6. The van der Waals surface area contributed by atoms with E-state index in [2.05, 4.69) is 37.4 Å². The van der Waals surface area contributed by atoms with Crippen LogP contribution in [0.2, 0.25) is 0 Å². The molecule has 0 saturated heterocycles. The van der Waals surface area contributed by atoms with Gasteiger partial charge in [-0.15, -0.1) is 0 Å². The van der Waals surface area contributed by atoms with Crippen molar-refractivity contribution < 1.29 is 59.0 Å². The minimum absolute atomic E-state index is 0.360. The number of nitrogens with one attached hydrogen (secondary N) is 1. The van der Waals surface area contributed by atoms with Gasteiger partial charge in [0.1, 0.15) is 36.6 Å². The first-order valence-corrected chi connectivity index (χ1v) is 23.7. The van der Waals surface area contributed by atoms with E-state index < -0.39 is 75.2 Å². The maximum Gasteiger partial charge on any atom is 0.472 e. The Labute approximate surface area is 349 Å². The molecule has 1 amide bonds. The Bertz CT molecular complexity index is 1180. The van der Waals surface area contributed by atoms with E-state index in [0.717, 1.165) is 32.1 Å². The molecule has 0 heterocycles. The lowest BCUT2D eigenvalue weighted by Crippen LogP contribution is -2.64. The van der Waals surface area contributed by atoms with Crippen LogP contribution in [0.4, 0.5) is 0 Å². The minimum Gasteiger partial charge on any atom is -0.389 e. The highest BCUT2D eigenvalue weighted by molar-refractivity contribution is 7.47. The van der Waals surface area contributed by atoms with Gasteiger partial charge >= 0.3 is 7.82 Å². The van der Waals surface area contributed by atoms with Gasteiger partial charge < -0.3 is 46.0 Å². The fraction of sp³-hybridized carbons (Fsp3) is 0.795. The monoisotopic (exact) mass is 846 g/mol. The van der Waals surface area contributed by atoms with Gasteiger partial charge in [-0.25, -0.2) is 4.57 Å². The molecule has 0 radical (unpaired) electrons. The molecule has 0 aromatic carbocycles. The summed E-state index contributed by atoms with van der Waals surface area (Å²) in [7, 11) is -5.16. The van der Waals surface area contributed by atoms with E-state index in [4.69, 9.17) is 9.05 Å². The van der Waals surface area contributed by atoms with Crippen molar-refractivity contribution in [3.05, 3.63) is 48.6 Å². The van der Waals surface area contributed by atoms with Gasteiger partial charge in [0, 0.05) is 0 Å². The van der Waals surface area contributed by atoms with Crippen LogP contribution in [-0.2, 0) is 18.4 Å². The van der Waals surface area contributed by atoms with Crippen LogP contribution in [0.5, 0.6) is 0 Å². The largest absolute Gasteiger partial charge is 0.472 e. The van der Waals surface area contributed by atoms with Crippen LogP contribution in [0, 0.1) is 0 Å². The van der Waals surface area contributed by atoms with Crippen molar-refractivity contribution in [1.82, 2.24) is 5.32 Å². The van der Waals surface area contributed by atoms with Crippen molar-refractivity contribution in [3.8, 4) is 0 Å². The molecule has 1 aliphatic carbocycles. The van der Waals surface area contributed by atoms with E-state index in [1.807, 2.05) is 6.08 Å². The molecule has 0 aromatic heterocycles. The van der Waals surface area contributed by atoms with Crippen LogP contribution in [0.3, 0.4) is 0 Å². The van der Waals surface area contributed by atoms with Crippen molar-refractivity contribution in [3.63, 3.8) is 0 Å². The summed E-state index contributed by atoms with van der Waals surface area (Å²) in [4.78, 5) is 23.3. The van der Waals surface area contributed by atoms with Crippen LogP contribution < -0.4 is 5.32 Å². The van der Waals surface area contributed by atoms with Crippen molar-refractivity contribution in [1.29, 1.82) is 0 Å². The van der Waals surface area contributed by atoms with Gasteiger partial charge in [0.25, 0.3) is 0 Å². The molecule has 1 rings (SSSR count). The third-order valence-corrected chi connectivity index (χ3v) is 11.4. The maximum absolute atomic E-state index is 12.9. The summed E-state index contributed by atoms with van der Waals surface area (Å²) < 4.78 is 22.8. The summed E-state index contributed by atoms with van der Waals surface area (Å²) in [6.45, 7) is 3.66. The Morgan fingerprint density at radius 1 is 0.603 bits per heavy atom. The molecule has 8 unspecified atom stereocenters. The van der Waals surface area contributed by atoms with E-state index in [9.17, 15) is 50.0 Å². The fourth-order valence-electron chi connectivity index (χ4n) is 6.72. The van der Waals surface area contributed by atoms with E-state index in [0.29, 0.717) is 12.8 Å². The Balaban J connectivity index is 2.66. The van der Waals surface area contributed by atoms with Crippen LogP contribution in [0.25, 0.3) is 0 Å². The fourth-order valence-corrected chi connectivity index (χ4v) is 7.69. The number of aliphatic hydroxyl groups is 7. The van der Waals surface area contributed by atoms with E-state index in [1.165, 1.54) is 108 Å². The third kappa shape index (κ3) is 25.8. The Morgan fingerprint density at radius 2 is 1.05 bits per heavy atom. The summed E-state index contributed by atoms with van der Waals surface area (Å²) in [6.07, 6.45) is 25.3. The van der Waals surface area contributed by atoms with Gasteiger partial charge in [0.2, 0.25) is 5.91 Å². The Kier molecular flexibility index (Phi) is 31.7. The molecule has 1 aliphatic rings. The number of hydrogen-bond donors (Lipinski definition) is 9. The molecule has 0 aliphatic heterocycles. The van der Waals surface area contributed by atoms with Gasteiger partial charge in [-0.3, -0.25) is 13.8 Å². The number of aliphatic hydroxyl groups excluding tert-OH is 7. The normalized spacial score (nSPS) is 24.2. The maximum atomic E-state index is 12.9. The van der Waals surface area contributed by atoms with Gasteiger partial charge in [-0.1, -0.05) is 159 Å². The van der Waals surface area contributed by atoms with Crippen LogP contribution in [0.15, 0.2) is 48.6 Å². The number of hydrogen-bond acceptors (Lipinski definition) is 11. The zero-order chi connectivity index (χ0) is 43.0. The number of unbranched alkanes of at least 4 members (excludes halogenated alkanes) is 18. The topological polar surface area (TPSA) is 226 Å². The van der Waals surface area contributed by atoms with Crippen molar-refractivity contribution in [2.45, 2.75) is 216 Å². The van der Waals surface area contributed by atoms with Gasteiger partial charge in [0.15, 0.2) is 0 Å². The molecule has 9 N–H and O–H groups in total. The van der Waals surface area contributed by atoms with Crippen molar-refractivity contribution in [2.75, 3.05) is 6.61 Å². The summed E-state index contributed by atoms with van der Waals surface area (Å²) >= 11 is 0. The Hall–Kier alpha value is -1.74. The standard InChI is InChI=1S/C44H80NO12P/c1-3-5-7-9-11-13-15-16-17-18-19-20-22-24-26-28-30-32-37(47)36(34-56-58(54,55)57-44-42(52)40(50)39(49)41(51)43(44)53)45-38(48)33-35(46)31-29-27-25-23-21-14-12-10-8-6-4-2/h22-25,29-32,35-37,39-44,46-47,49-53H,3-21,26-28,33-34H2,1-2H3,(H,45,48)(H,54,55)/b24-22+,25-23-,31-29-,32-30+. The highest BCUT2D eigenvalue weighted by atomic mass is 31.2. The SMILES string of the molecule is CCCCCCCC/C=C\C/C=C\C(O)CC(=O)NC(COP(=O)(O)OC1C(O)C(O)C(O)C(O)C1O)C(O)/C=C/CC/C=C/CCCCCCCCCCCCC. The second-order valence-corrected chi connectivity index (χ2v) is 17.1. The quantitative estimate of drug-likeness (QED) is 0.0184. The minimum atomic E-state index is -5.16. The molecule has 8 atom stereocenters. The van der Waals surface area contributed by atoms with E-state index in [-0.39, 0.29) is 6.42 Å². The summed E-state index contributed by atoms with van der Waals surface area (Å²) in [5.41, 5.74) is 0. The number of phosphoric acid groups is 1. The molecule has 1 fully saturated rings. The summed E-state index contributed by atoms with van der Waals surface area (Å²) in [5, 5.41) is 74.1. The number of phosphoric ester groups is 1. The molecule has 14 heteroatoms. The molecule has 58 heavy (non-hydrogen) atoms. The summed E-state index contributed by atoms with van der Waals surface area (Å²) in [5.74, 6) is -0.672. The van der Waals surface area contributed by atoms with E-state index in [1.54, 1.807) is 12.2 Å². The second-order valence-electron chi connectivity index (χ2n) is 15.7. The zero-order valence-electron chi connectivity index (χ0n) is 35.4. The highest BCUT2D eigenvalue weighted by Gasteiger charge is 2.51. The van der Waals surface area contributed by atoms with Crippen LogP contribution in [-0.4, -0.2) is 108 Å². The molecule has 1 saturated carbocycles. The summed E-state index contributed by atoms with van der Waals surface area (Å²) in [6, 6.07) is -1.29. The van der Waals surface area contributed by atoms with E-state index >= 15 is 0 Å². The van der Waals surface area contributed by atoms with Crippen molar-refractivity contribution >= 4 is 13.7 Å². The van der Waals surface area contributed by atoms with Gasteiger partial charge in [-0.05, 0) is 44.9 Å². The van der Waals surface area contributed by atoms with Crippen molar-refractivity contribution in [2.24, 2.45) is 0 Å².